The molecule has 0 aliphatic heterocycles. The topological polar surface area (TPSA) is 80.3 Å². The summed E-state index contributed by atoms with van der Waals surface area (Å²) in [5.41, 5.74) is 4.05. The Kier molecular flexibility index (Phi) is 6.01. The quantitative estimate of drug-likeness (QED) is 0.623. The minimum absolute atomic E-state index is 0.264. The summed E-state index contributed by atoms with van der Waals surface area (Å²) in [6.07, 6.45) is 2.41. The van der Waals surface area contributed by atoms with Crippen molar-refractivity contribution in [2.45, 2.75) is 13.3 Å². The molecule has 1 amide bonds. The molecular formula is C22H21N3O3. The smallest absolute Gasteiger partial charge is 0.337 e. The number of hydrogen-bond donors (Lipinski definition) is 2. The van der Waals surface area contributed by atoms with Crippen molar-refractivity contribution in [2.24, 2.45) is 0 Å². The third-order valence-electron chi connectivity index (χ3n) is 4.21. The molecule has 0 saturated heterocycles. The van der Waals surface area contributed by atoms with Crippen LogP contribution in [0.15, 0.2) is 66.9 Å². The van der Waals surface area contributed by atoms with Crippen molar-refractivity contribution in [3.05, 3.63) is 83.7 Å². The number of carbonyl (C=O) groups is 2. The summed E-state index contributed by atoms with van der Waals surface area (Å²) in [6.45, 7) is 2.04. The predicted molar refractivity (Wildman–Crippen MR) is 109 cm³/mol. The molecule has 0 aliphatic carbocycles. The van der Waals surface area contributed by atoms with Crippen molar-refractivity contribution < 1.29 is 14.3 Å². The van der Waals surface area contributed by atoms with Crippen molar-refractivity contribution in [3.8, 4) is 0 Å². The number of ether oxygens (including phenoxy) is 1. The zero-order chi connectivity index (χ0) is 19.9. The SMILES string of the molecule is CCc1ccccc1NC(=O)c1ccc(Nc2cccc(C(=O)OC)c2)cn1. The summed E-state index contributed by atoms with van der Waals surface area (Å²) in [5, 5.41) is 6.06. The second-order valence-electron chi connectivity index (χ2n) is 6.09. The Balaban J connectivity index is 1.70. The Morgan fingerprint density at radius 1 is 1.00 bits per heavy atom. The van der Waals surface area contributed by atoms with Crippen molar-refractivity contribution >= 4 is 28.9 Å². The zero-order valence-corrected chi connectivity index (χ0v) is 15.7. The third kappa shape index (κ3) is 4.54. The van der Waals surface area contributed by atoms with E-state index in [1.165, 1.54) is 7.11 Å². The molecule has 0 fully saturated rings. The van der Waals surface area contributed by atoms with Gasteiger partial charge < -0.3 is 15.4 Å². The van der Waals surface area contributed by atoms with Crippen LogP contribution < -0.4 is 10.6 Å². The molecule has 6 heteroatoms. The van der Waals surface area contributed by atoms with E-state index in [4.69, 9.17) is 4.74 Å². The van der Waals surface area contributed by atoms with Gasteiger partial charge >= 0.3 is 5.97 Å². The lowest BCUT2D eigenvalue weighted by Crippen LogP contribution is -2.14. The van der Waals surface area contributed by atoms with Gasteiger partial charge in [0, 0.05) is 11.4 Å². The fourth-order valence-electron chi connectivity index (χ4n) is 2.75. The van der Waals surface area contributed by atoms with Gasteiger partial charge in [0.1, 0.15) is 5.69 Å². The molecule has 0 spiro atoms. The molecule has 1 aromatic heterocycles. The first-order valence-corrected chi connectivity index (χ1v) is 8.91. The fourth-order valence-corrected chi connectivity index (χ4v) is 2.75. The van der Waals surface area contributed by atoms with Crippen molar-refractivity contribution in [1.82, 2.24) is 4.98 Å². The maximum atomic E-state index is 12.5. The molecule has 0 bridgehead atoms. The number of anilines is 3. The van der Waals surface area contributed by atoms with Crippen LogP contribution in [0.1, 0.15) is 33.3 Å². The first-order chi connectivity index (χ1) is 13.6. The van der Waals surface area contributed by atoms with E-state index in [9.17, 15) is 9.59 Å². The number of para-hydroxylation sites is 1. The van der Waals surface area contributed by atoms with Crippen LogP contribution in [0.2, 0.25) is 0 Å². The third-order valence-corrected chi connectivity index (χ3v) is 4.21. The van der Waals surface area contributed by atoms with E-state index in [2.05, 4.69) is 15.6 Å². The van der Waals surface area contributed by atoms with Gasteiger partial charge in [-0.1, -0.05) is 31.2 Å². The molecule has 3 rings (SSSR count). The number of pyridine rings is 1. The Labute approximate surface area is 163 Å². The Morgan fingerprint density at radius 2 is 1.82 bits per heavy atom. The first-order valence-electron chi connectivity index (χ1n) is 8.91. The van der Waals surface area contributed by atoms with Crippen LogP contribution >= 0.6 is 0 Å². The normalized spacial score (nSPS) is 10.2. The largest absolute Gasteiger partial charge is 0.465 e. The van der Waals surface area contributed by atoms with E-state index < -0.39 is 5.97 Å². The van der Waals surface area contributed by atoms with E-state index in [1.807, 2.05) is 37.3 Å². The summed E-state index contributed by atoms with van der Waals surface area (Å²) < 4.78 is 4.73. The number of aromatic nitrogens is 1. The highest BCUT2D eigenvalue weighted by molar-refractivity contribution is 6.03. The number of hydrogen-bond acceptors (Lipinski definition) is 5. The number of esters is 1. The van der Waals surface area contributed by atoms with Gasteiger partial charge in [0.05, 0.1) is 24.6 Å². The maximum absolute atomic E-state index is 12.5. The minimum Gasteiger partial charge on any atom is -0.465 e. The number of amides is 1. The van der Waals surface area contributed by atoms with Gasteiger partial charge in [-0.15, -0.1) is 0 Å². The Bertz CT molecular complexity index is 984. The molecular weight excluding hydrogens is 354 g/mol. The van der Waals surface area contributed by atoms with Crippen LogP contribution in [0.25, 0.3) is 0 Å². The Morgan fingerprint density at radius 3 is 2.54 bits per heavy atom. The number of nitrogens with zero attached hydrogens (tertiary/aromatic N) is 1. The van der Waals surface area contributed by atoms with Crippen LogP contribution in [-0.2, 0) is 11.2 Å². The number of nitrogens with one attached hydrogen (secondary N) is 2. The molecule has 6 nitrogen and oxygen atoms in total. The number of methoxy groups -OCH3 is 1. The first kappa shape index (κ1) is 19.1. The average Bonchev–Trinajstić information content (AvgIpc) is 2.74. The Hall–Kier alpha value is -3.67. The van der Waals surface area contributed by atoms with Gasteiger partial charge in [-0.25, -0.2) is 9.78 Å². The van der Waals surface area contributed by atoms with E-state index >= 15 is 0 Å². The molecule has 0 saturated carbocycles. The second-order valence-corrected chi connectivity index (χ2v) is 6.09. The lowest BCUT2D eigenvalue weighted by molar-refractivity contribution is 0.0600. The molecule has 2 N–H and O–H groups in total. The van der Waals surface area contributed by atoms with Gasteiger partial charge in [0.25, 0.3) is 5.91 Å². The number of rotatable bonds is 6. The van der Waals surface area contributed by atoms with Crippen LogP contribution in [0.4, 0.5) is 17.1 Å². The average molecular weight is 375 g/mol. The van der Waals surface area contributed by atoms with E-state index in [0.29, 0.717) is 16.9 Å². The molecule has 0 aliphatic rings. The standard InChI is InChI=1S/C22H21N3O3/c1-3-15-7-4-5-10-19(15)25-21(26)20-12-11-18(14-23-20)24-17-9-6-8-16(13-17)22(27)28-2/h4-14,24H,3H2,1-2H3,(H,25,26). The van der Waals surface area contributed by atoms with Crippen LogP contribution in [0.3, 0.4) is 0 Å². The fraction of sp³-hybridized carbons (Fsp3) is 0.136. The lowest BCUT2D eigenvalue weighted by atomic mass is 10.1. The molecule has 0 atom stereocenters. The van der Waals surface area contributed by atoms with Gasteiger partial charge in [0.15, 0.2) is 0 Å². The van der Waals surface area contributed by atoms with E-state index in [-0.39, 0.29) is 5.91 Å². The highest BCUT2D eigenvalue weighted by Gasteiger charge is 2.10. The molecule has 3 aromatic rings. The second kappa shape index (κ2) is 8.81. The van der Waals surface area contributed by atoms with Gasteiger partial charge in [-0.3, -0.25) is 4.79 Å². The monoisotopic (exact) mass is 375 g/mol. The van der Waals surface area contributed by atoms with Gasteiger partial charge in [0.2, 0.25) is 0 Å². The highest BCUT2D eigenvalue weighted by Crippen LogP contribution is 2.19. The molecule has 28 heavy (non-hydrogen) atoms. The number of carbonyl (C=O) groups excluding carboxylic acids is 2. The zero-order valence-electron chi connectivity index (χ0n) is 15.7. The number of benzene rings is 2. The van der Waals surface area contributed by atoms with Crippen LogP contribution in [-0.4, -0.2) is 24.0 Å². The molecule has 1 heterocycles. The number of aryl methyl sites for hydroxylation is 1. The highest BCUT2D eigenvalue weighted by atomic mass is 16.5. The molecule has 2 aromatic carbocycles. The molecule has 142 valence electrons. The molecule has 0 unspecified atom stereocenters. The van der Waals surface area contributed by atoms with Gasteiger partial charge in [-0.05, 0) is 48.4 Å². The summed E-state index contributed by atoms with van der Waals surface area (Å²) in [4.78, 5) is 28.3. The summed E-state index contributed by atoms with van der Waals surface area (Å²) in [7, 11) is 1.34. The predicted octanol–water partition coefficient (Wildman–Crippen LogP) is 4.43. The maximum Gasteiger partial charge on any atom is 0.337 e. The van der Waals surface area contributed by atoms with Crippen molar-refractivity contribution in [1.29, 1.82) is 0 Å². The summed E-state index contributed by atoms with van der Waals surface area (Å²) >= 11 is 0. The lowest BCUT2D eigenvalue weighted by Gasteiger charge is -2.10. The van der Waals surface area contributed by atoms with Crippen LogP contribution in [0, 0.1) is 0 Å². The van der Waals surface area contributed by atoms with E-state index in [0.717, 1.165) is 23.4 Å². The van der Waals surface area contributed by atoms with Gasteiger partial charge in [-0.2, -0.15) is 0 Å². The van der Waals surface area contributed by atoms with Crippen LogP contribution in [0.5, 0.6) is 0 Å². The van der Waals surface area contributed by atoms with Crippen molar-refractivity contribution in [3.63, 3.8) is 0 Å². The summed E-state index contributed by atoms with van der Waals surface area (Å²) in [6, 6.07) is 18.1. The van der Waals surface area contributed by atoms with Crippen molar-refractivity contribution in [2.75, 3.05) is 17.7 Å². The summed E-state index contributed by atoms with van der Waals surface area (Å²) in [5.74, 6) is -0.665. The molecule has 0 radical (unpaired) electrons. The minimum atomic E-state index is -0.402. The van der Waals surface area contributed by atoms with E-state index in [1.54, 1.807) is 36.5 Å².